The van der Waals surface area contributed by atoms with E-state index in [9.17, 15) is 9.59 Å². The maximum absolute atomic E-state index is 11.2. The number of fused-ring (bicyclic) bond motifs is 2. The van der Waals surface area contributed by atoms with Gasteiger partial charge in [0, 0.05) is 52.3 Å². The summed E-state index contributed by atoms with van der Waals surface area (Å²) in [5.74, 6) is 0.322. The van der Waals surface area contributed by atoms with Crippen LogP contribution in [-0.4, -0.2) is 56.8 Å². The Kier molecular flexibility index (Phi) is 9.54. The average Bonchev–Trinajstić information content (AvgIpc) is 3.96. The van der Waals surface area contributed by atoms with Crippen LogP contribution in [0.4, 0.5) is 0 Å². The summed E-state index contributed by atoms with van der Waals surface area (Å²) in [4.78, 5) is 31.3. The van der Waals surface area contributed by atoms with Crippen LogP contribution in [-0.2, 0) is 38.8 Å². The van der Waals surface area contributed by atoms with Gasteiger partial charge in [-0.2, -0.15) is 20.2 Å². The molecule has 2 aliphatic rings. The summed E-state index contributed by atoms with van der Waals surface area (Å²) in [6, 6.07) is 13.3. The van der Waals surface area contributed by atoms with Crippen LogP contribution in [0, 0.1) is 10.8 Å². The monoisotopic (exact) mass is 731 g/mol. The molecular formula is C40H45N9O5. The Morgan fingerprint density at radius 2 is 1.11 bits per heavy atom. The Balaban J connectivity index is 0.000000167. The van der Waals surface area contributed by atoms with Gasteiger partial charge in [0.2, 0.25) is 17.6 Å². The fourth-order valence-electron chi connectivity index (χ4n) is 7.29. The zero-order valence-corrected chi connectivity index (χ0v) is 31.5. The van der Waals surface area contributed by atoms with Gasteiger partial charge in [0.25, 0.3) is 11.8 Å². The van der Waals surface area contributed by atoms with Gasteiger partial charge in [-0.1, -0.05) is 62.3 Å². The van der Waals surface area contributed by atoms with Gasteiger partial charge in [0.1, 0.15) is 0 Å². The first-order valence-corrected chi connectivity index (χ1v) is 18.3. The molecule has 2 aliphatic carbocycles. The van der Waals surface area contributed by atoms with E-state index in [1.807, 2.05) is 4.68 Å². The second-order valence-corrected chi connectivity index (χ2v) is 15.5. The van der Waals surface area contributed by atoms with Crippen molar-refractivity contribution in [2.75, 3.05) is 0 Å². The third kappa shape index (κ3) is 7.20. The predicted molar refractivity (Wildman–Crippen MR) is 200 cm³/mol. The molecule has 0 saturated heterocycles. The van der Waals surface area contributed by atoms with Crippen molar-refractivity contribution in [1.29, 1.82) is 0 Å². The van der Waals surface area contributed by atoms with Gasteiger partial charge < -0.3 is 19.9 Å². The number of aromatic carboxylic acids is 1. The Bertz CT molecular complexity index is 2160. The highest BCUT2D eigenvalue weighted by atomic mass is 16.5. The minimum atomic E-state index is -0.963. The van der Waals surface area contributed by atoms with E-state index in [-0.39, 0.29) is 16.4 Å². The summed E-state index contributed by atoms with van der Waals surface area (Å²) in [5, 5.41) is 26.7. The van der Waals surface area contributed by atoms with Gasteiger partial charge in [-0.3, -0.25) is 14.2 Å². The van der Waals surface area contributed by atoms with Crippen LogP contribution in [0.3, 0.4) is 0 Å². The standard InChI is InChI=1S/C20H23N5O2.C20H22N4O3/c1-4-25-15-11-20(2,3)10-9-14(15)16(23-25)19-22-18(24-27-19)13-7-5-12(6-8-13)17(21)26;1-4-24-15-11-20(2,3)10-9-14(15)16(22-24)18-21-17(23-27-18)12-5-7-13(8-6-12)19(25)26/h5-8H,4,9-11H2,1-3H3,(H2,21,26);5-8H,4,9-11H2,1-3H3,(H,25,26). The van der Waals surface area contributed by atoms with Crippen molar-refractivity contribution < 1.29 is 23.7 Å². The fraction of sp³-hybridized carbons (Fsp3) is 0.400. The second kappa shape index (κ2) is 14.1. The number of nitrogens with zero attached hydrogens (tertiary/aromatic N) is 8. The molecule has 0 radical (unpaired) electrons. The van der Waals surface area contributed by atoms with Crippen molar-refractivity contribution in [2.24, 2.45) is 16.6 Å². The quantitative estimate of drug-likeness (QED) is 0.163. The minimum absolute atomic E-state index is 0.223. The largest absolute Gasteiger partial charge is 0.478 e. The topological polar surface area (TPSA) is 194 Å². The number of benzene rings is 2. The van der Waals surface area contributed by atoms with Crippen LogP contribution in [0.5, 0.6) is 0 Å². The summed E-state index contributed by atoms with van der Waals surface area (Å²) in [6.07, 6.45) is 6.10. The Morgan fingerprint density at radius 3 is 1.48 bits per heavy atom. The second-order valence-electron chi connectivity index (χ2n) is 15.5. The van der Waals surface area contributed by atoms with Crippen molar-refractivity contribution in [3.05, 3.63) is 82.2 Å². The molecule has 0 fully saturated rings. The molecule has 1 amide bonds. The van der Waals surface area contributed by atoms with E-state index < -0.39 is 11.9 Å². The lowest BCUT2D eigenvalue weighted by Crippen LogP contribution is -2.24. The minimum Gasteiger partial charge on any atom is -0.478 e. The molecule has 14 nitrogen and oxygen atoms in total. The van der Waals surface area contributed by atoms with E-state index >= 15 is 0 Å². The number of rotatable bonds is 8. The van der Waals surface area contributed by atoms with E-state index in [2.05, 4.69) is 66.5 Å². The van der Waals surface area contributed by atoms with E-state index in [1.54, 1.807) is 36.4 Å². The van der Waals surface area contributed by atoms with Crippen molar-refractivity contribution >= 4 is 11.9 Å². The zero-order chi connectivity index (χ0) is 38.4. The molecule has 4 heterocycles. The molecule has 0 bridgehead atoms. The summed E-state index contributed by atoms with van der Waals surface area (Å²) in [5.41, 5.74) is 14.5. The number of carbonyl (C=O) groups is 2. The number of carboxylic acids is 1. The van der Waals surface area contributed by atoms with Crippen LogP contribution >= 0.6 is 0 Å². The molecule has 0 saturated carbocycles. The van der Waals surface area contributed by atoms with Gasteiger partial charge in [-0.05, 0) is 87.5 Å². The zero-order valence-electron chi connectivity index (χ0n) is 31.5. The first-order valence-electron chi connectivity index (χ1n) is 18.3. The lowest BCUT2D eigenvalue weighted by atomic mass is 9.76. The van der Waals surface area contributed by atoms with E-state index in [1.165, 1.54) is 34.6 Å². The highest BCUT2D eigenvalue weighted by Gasteiger charge is 2.34. The van der Waals surface area contributed by atoms with Crippen LogP contribution in [0.25, 0.3) is 45.9 Å². The predicted octanol–water partition coefficient (Wildman–Crippen LogP) is 7.07. The molecule has 4 aromatic heterocycles. The molecule has 8 rings (SSSR count). The lowest BCUT2D eigenvalue weighted by Gasteiger charge is -2.30. The van der Waals surface area contributed by atoms with Crippen molar-refractivity contribution in [3.63, 3.8) is 0 Å². The Labute approximate surface area is 312 Å². The molecule has 0 spiro atoms. The molecule has 0 unspecified atom stereocenters. The smallest absolute Gasteiger partial charge is 0.335 e. The Hall–Kier alpha value is -5.92. The number of hydrogen-bond donors (Lipinski definition) is 2. The number of amides is 1. The number of nitrogens with two attached hydrogens (primary N) is 1. The highest BCUT2D eigenvalue weighted by molar-refractivity contribution is 5.93. The van der Waals surface area contributed by atoms with E-state index in [0.717, 1.165) is 68.6 Å². The summed E-state index contributed by atoms with van der Waals surface area (Å²) >= 11 is 0. The van der Waals surface area contributed by atoms with Crippen LogP contribution in [0.15, 0.2) is 57.6 Å². The summed E-state index contributed by atoms with van der Waals surface area (Å²) < 4.78 is 15.1. The molecule has 3 N–H and O–H groups in total. The van der Waals surface area contributed by atoms with E-state index in [0.29, 0.717) is 34.6 Å². The molecule has 0 aliphatic heterocycles. The van der Waals surface area contributed by atoms with Gasteiger partial charge in [-0.25, -0.2) is 4.79 Å². The van der Waals surface area contributed by atoms with Crippen LogP contribution in [0.2, 0.25) is 0 Å². The van der Waals surface area contributed by atoms with Gasteiger partial charge in [0.05, 0.1) is 5.56 Å². The third-order valence-corrected chi connectivity index (χ3v) is 10.4. The average molecular weight is 732 g/mol. The molecular weight excluding hydrogens is 686 g/mol. The molecule has 6 aromatic rings. The summed E-state index contributed by atoms with van der Waals surface area (Å²) in [6.45, 7) is 15.0. The summed E-state index contributed by atoms with van der Waals surface area (Å²) in [7, 11) is 0. The van der Waals surface area contributed by atoms with Crippen molar-refractivity contribution in [1.82, 2.24) is 39.8 Å². The van der Waals surface area contributed by atoms with Gasteiger partial charge in [-0.15, -0.1) is 0 Å². The SMILES string of the molecule is CCn1nc(-c2nc(-c3ccc(C(=O)O)cc3)no2)c2c1CC(C)(C)CC2.CCn1nc(-c2nc(-c3ccc(C(N)=O)cc3)no2)c2c1CC(C)(C)CC2. The number of primary amides is 1. The number of aromatic nitrogens is 8. The molecule has 2 aromatic carbocycles. The number of carbonyl (C=O) groups excluding carboxylic acids is 1. The maximum atomic E-state index is 11.2. The van der Waals surface area contributed by atoms with Crippen LogP contribution < -0.4 is 5.73 Å². The van der Waals surface area contributed by atoms with Gasteiger partial charge >= 0.3 is 5.97 Å². The third-order valence-electron chi connectivity index (χ3n) is 10.4. The number of aryl methyl sites for hydroxylation is 2. The fourth-order valence-corrected chi connectivity index (χ4v) is 7.29. The highest BCUT2D eigenvalue weighted by Crippen LogP contribution is 2.40. The Morgan fingerprint density at radius 1 is 0.704 bits per heavy atom. The first kappa shape index (κ1) is 36.4. The molecule has 14 heteroatoms. The van der Waals surface area contributed by atoms with Crippen LogP contribution in [0.1, 0.15) is 97.6 Å². The molecule has 54 heavy (non-hydrogen) atoms. The van der Waals surface area contributed by atoms with Gasteiger partial charge in [0.15, 0.2) is 11.4 Å². The van der Waals surface area contributed by atoms with Crippen molar-refractivity contribution in [3.8, 4) is 45.9 Å². The first-order chi connectivity index (χ1) is 25.8. The molecule has 280 valence electrons. The van der Waals surface area contributed by atoms with Crippen molar-refractivity contribution in [2.45, 2.75) is 93.2 Å². The van der Waals surface area contributed by atoms with E-state index in [4.69, 9.17) is 30.1 Å². The molecule has 0 atom stereocenters. The maximum Gasteiger partial charge on any atom is 0.335 e. The number of hydrogen-bond acceptors (Lipinski definition) is 10. The lowest BCUT2D eigenvalue weighted by molar-refractivity contribution is 0.0696. The number of carboxylic acid groups (broad SMARTS) is 1. The normalized spacial score (nSPS) is 15.5.